The van der Waals surface area contributed by atoms with E-state index in [1.54, 1.807) is 12.1 Å². The molecule has 5 nitrogen and oxygen atoms in total. The van der Waals surface area contributed by atoms with Crippen molar-refractivity contribution in [3.63, 3.8) is 0 Å². The minimum Gasteiger partial charge on any atom is -0.369 e. The van der Waals surface area contributed by atoms with Crippen LogP contribution in [0.3, 0.4) is 0 Å². The lowest BCUT2D eigenvalue weighted by Gasteiger charge is -2.34. The lowest BCUT2D eigenvalue weighted by molar-refractivity contribution is -0.137. The fraction of sp³-hybridized carbons (Fsp3) is 0.526. The van der Waals surface area contributed by atoms with Crippen LogP contribution in [0.2, 0.25) is 0 Å². The molecule has 1 amide bonds. The van der Waals surface area contributed by atoms with Gasteiger partial charge in [0.15, 0.2) is 0 Å². The Morgan fingerprint density at radius 2 is 2.00 bits per heavy atom. The Bertz CT molecular complexity index is 656. The largest absolute Gasteiger partial charge is 0.418 e. The summed E-state index contributed by atoms with van der Waals surface area (Å²) in [5, 5.41) is 2.34. The van der Waals surface area contributed by atoms with Gasteiger partial charge in [0, 0.05) is 31.9 Å². The van der Waals surface area contributed by atoms with Gasteiger partial charge in [-0.1, -0.05) is 6.08 Å². The molecular weight excluding hydrogens is 359 g/mol. The monoisotopic (exact) mass is 385 g/mol. The van der Waals surface area contributed by atoms with E-state index in [0.717, 1.165) is 19.2 Å². The average Bonchev–Trinajstić information content (AvgIpc) is 2.62. The molecule has 27 heavy (non-hydrogen) atoms. The predicted octanol–water partition coefficient (Wildman–Crippen LogP) is 3.38. The molecule has 0 aromatic heterocycles. The summed E-state index contributed by atoms with van der Waals surface area (Å²) in [6.07, 6.45) is -3.23. The van der Waals surface area contributed by atoms with Gasteiger partial charge in [-0.3, -0.25) is 4.79 Å². The second kappa shape index (κ2) is 9.23. The summed E-state index contributed by atoms with van der Waals surface area (Å²) < 4.78 is 45.9. The number of likely N-dealkylation sites (N-methyl/N-ethyl adjacent to an activating group) is 1. The van der Waals surface area contributed by atoms with Gasteiger partial charge >= 0.3 is 6.18 Å². The van der Waals surface area contributed by atoms with E-state index < -0.39 is 23.8 Å². The Morgan fingerprint density at radius 1 is 1.33 bits per heavy atom. The van der Waals surface area contributed by atoms with Gasteiger partial charge in [0.25, 0.3) is 5.91 Å². The molecule has 1 heterocycles. The Hall–Kier alpha value is -2.06. The number of piperazine rings is 1. The number of anilines is 2. The standard InChI is InChI=1S/C19H26F3N3O2/c1-4-5-12-27-14(2)18(26)23-17-7-6-15(13-16(17)19(20,21)22)25-10-8-24(3)9-11-25/h4,6-7,13-14H,1,5,8-12H2,2-3H3,(H,23,26). The number of hydrogen-bond donors (Lipinski definition) is 1. The van der Waals surface area contributed by atoms with Crippen molar-refractivity contribution in [3.05, 3.63) is 36.4 Å². The van der Waals surface area contributed by atoms with Crippen molar-refractivity contribution in [1.29, 1.82) is 0 Å². The predicted molar refractivity (Wildman–Crippen MR) is 100 cm³/mol. The Morgan fingerprint density at radius 3 is 2.59 bits per heavy atom. The van der Waals surface area contributed by atoms with E-state index in [9.17, 15) is 18.0 Å². The summed E-state index contributed by atoms with van der Waals surface area (Å²) in [7, 11) is 1.98. The molecule has 8 heteroatoms. The molecule has 1 fully saturated rings. The van der Waals surface area contributed by atoms with Crippen LogP contribution in [0, 0.1) is 0 Å². The minimum absolute atomic E-state index is 0.260. The van der Waals surface area contributed by atoms with Crippen molar-refractivity contribution in [2.24, 2.45) is 0 Å². The van der Waals surface area contributed by atoms with E-state index in [0.29, 0.717) is 25.2 Å². The highest BCUT2D eigenvalue weighted by atomic mass is 19.4. The number of alkyl halides is 3. The Labute approximate surface area is 157 Å². The third-order valence-corrected chi connectivity index (χ3v) is 4.49. The molecule has 2 rings (SSSR count). The molecule has 0 radical (unpaired) electrons. The number of benzene rings is 1. The summed E-state index contributed by atoms with van der Waals surface area (Å²) in [4.78, 5) is 16.2. The average molecular weight is 385 g/mol. The zero-order valence-corrected chi connectivity index (χ0v) is 15.7. The molecule has 0 saturated carbocycles. The van der Waals surface area contributed by atoms with Crippen LogP contribution >= 0.6 is 0 Å². The molecule has 0 aliphatic carbocycles. The maximum Gasteiger partial charge on any atom is 0.418 e. The number of amides is 1. The van der Waals surface area contributed by atoms with Crippen LogP contribution in [0.1, 0.15) is 18.9 Å². The van der Waals surface area contributed by atoms with Gasteiger partial charge < -0.3 is 19.9 Å². The first-order valence-corrected chi connectivity index (χ1v) is 8.90. The van der Waals surface area contributed by atoms with Crippen LogP contribution in [0.5, 0.6) is 0 Å². The first-order valence-electron chi connectivity index (χ1n) is 8.90. The molecule has 1 N–H and O–H groups in total. The van der Waals surface area contributed by atoms with Crippen molar-refractivity contribution in [3.8, 4) is 0 Å². The molecule has 1 aliphatic heterocycles. The zero-order valence-electron chi connectivity index (χ0n) is 15.7. The van der Waals surface area contributed by atoms with E-state index in [4.69, 9.17) is 4.74 Å². The fourth-order valence-corrected chi connectivity index (χ4v) is 2.78. The molecule has 1 aliphatic rings. The number of carbonyl (C=O) groups is 1. The van der Waals surface area contributed by atoms with Crippen LogP contribution in [-0.2, 0) is 15.7 Å². The van der Waals surface area contributed by atoms with Crippen molar-refractivity contribution < 1.29 is 22.7 Å². The van der Waals surface area contributed by atoms with E-state index in [-0.39, 0.29) is 12.3 Å². The number of ether oxygens (including phenoxy) is 1. The van der Waals surface area contributed by atoms with E-state index in [1.165, 1.54) is 13.0 Å². The lowest BCUT2D eigenvalue weighted by atomic mass is 10.1. The smallest absolute Gasteiger partial charge is 0.369 e. The molecular formula is C19H26F3N3O2. The lowest BCUT2D eigenvalue weighted by Crippen LogP contribution is -2.44. The van der Waals surface area contributed by atoms with Gasteiger partial charge in [-0.05, 0) is 38.6 Å². The van der Waals surface area contributed by atoms with Gasteiger partial charge in [-0.25, -0.2) is 0 Å². The van der Waals surface area contributed by atoms with Gasteiger partial charge in [0.1, 0.15) is 6.10 Å². The maximum atomic E-state index is 13.5. The van der Waals surface area contributed by atoms with Crippen molar-refractivity contribution in [2.45, 2.75) is 25.6 Å². The highest BCUT2D eigenvalue weighted by Crippen LogP contribution is 2.37. The number of nitrogens with zero attached hydrogens (tertiary/aromatic N) is 2. The Balaban J connectivity index is 2.16. The van der Waals surface area contributed by atoms with Crippen LogP contribution in [0.4, 0.5) is 24.5 Å². The van der Waals surface area contributed by atoms with Crippen LogP contribution < -0.4 is 10.2 Å². The Kier molecular flexibility index (Phi) is 7.26. The minimum atomic E-state index is -4.57. The number of halogens is 3. The highest BCUT2D eigenvalue weighted by Gasteiger charge is 2.35. The molecule has 1 saturated heterocycles. The number of carbonyl (C=O) groups excluding carboxylic acids is 1. The van der Waals surface area contributed by atoms with Crippen molar-refractivity contribution in [2.75, 3.05) is 50.1 Å². The van der Waals surface area contributed by atoms with Crippen LogP contribution in [0.25, 0.3) is 0 Å². The van der Waals surface area contributed by atoms with Gasteiger partial charge in [-0.2, -0.15) is 13.2 Å². The van der Waals surface area contributed by atoms with Crippen LogP contribution in [0.15, 0.2) is 30.9 Å². The summed E-state index contributed by atoms with van der Waals surface area (Å²) >= 11 is 0. The molecule has 1 atom stereocenters. The number of rotatable bonds is 7. The van der Waals surface area contributed by atoms with Crippen molar-refractivity contribution >= 4 is 17.3 Å². The third-order valence-electron chi connectivity index (χ3n) is 4.49. The van der Waals surface area contributed by atoms with Crippen LogP contribution in [-0.4, -0.2) is 56.7 Å². The van der Waals surface area contributed by atoms with Gasteiger partial charge in [0.2, 0.25) is 0 Å². The normalized spacial score (nSPS) is 16.9. The molecule has 150 valence electrons. The molecule has 1 unspecified atom stereocenters. The summed E-state index contributed by atoms with van der Waals surface area (Å²) in [5.41, 5.74) is -0.612. The van der Waals surface area contributed by atoms with Gasteiger partial charge in [0.05, 0.1) is 17.9 Å². The first kappa shape index (κ1) is 21.2. The molecule has 0 bridgehead atoms. The second-order valence-electron chi connectivity index (χ2n) is 6.60. The summed E-state index contributed by atoms with van der Waals surface area (Å²) in [6, 6.07) is 4.02. The topological polar surface area (TPSA) is 44.8 Å². The summed E-state index contributed by atoms with van der Waals surface area (Å²) in [6.45, 7) is 8.24. The van der Waals surface area contributed by atoms with E-state index in [1.807, 2.05) is 11.9 Å². The molecule has 1 aromatic rings. The summed E-state index contributed by atoms with van der Waals surface area (Å²) in [5.74, 6) is -0.614. The fourth-order valence-electron chi connectivity index (χ4n) is 2.78. The maximum absolute atomic E-state index is 13.5. The number of hydrogen-bond acceptors (Lipinski definition) is 4. The zero-order chi connectivity index (χ0) is 20.0. The quantitative estimate of drug-likeness (QED) is 0.577. The van der Waals surface area contributed by atoms with Crippen molar-refractivity contribution in [1.82, 2.24) is 4.90 Å². The first-order chi connectivity index (χ1) is 12.7. The van der Waals surface area contributed by atoms with E-state index in [2.05, 4.69) is 16.8 Å². The third kappa shape index (κ3) is 5.97. The SMILES string of the molecule is C=CCCOC(C)C(=O)Nc1ccc(N2CCN(C)CC2)cc1C(F)(F)F. The van der Waals surface area contributed by atoms with E-state index >= 15 is 0 Å². The molecule has 0 spiro atoms. The molecule has 1 aromatic carbocycles. The number of nitrogens with one attached hydrogen (secondary N) is 1. The highest BCUT2D eigenvalue weighted by molar-refractivity contribution is 5.95. The second-order valence-corrected chi connectivity index (χ2v) is 6.60. The van der Waals surface area contributed by atoms with Gasteiger partial charge in [-0.15, -0.1) is 6.58 Å².